The highest BCUT2D eigenvalue weighted by molar-refractivity contribution is 6.34. The van der Waals surface area contributed by atoms with Crippen molar-refractivity contribution in [3.63, 3.8) is 0 Å². The van der Waals surface area contributed by atoms with Crippen LogP contribution in [0, 0.1) is 0 Å². The summed E-state index contributed by atoms with van der Waals surface area (Å²) in [6.07, 6.45) is 3.47. The van der Waals surface area contributed by atoms with Crippen molar-refractivity contribution < 1.29 is 14.3 Å². The van der Waals surface area contributed by atoms with Crippen LogP contribution in [0.5, 0.6) is 0 Å². The average Bonchev–Trinajstić information content (AvgIpc) is 2.69. The number of ether oxygens (including phenoxy) is 1. The number of carbonyl (C=O) groups is 2. The molecule has 1 aromatic heterocycles. The lowest BCUT2D eigenvalue weighted by Crippen LogP contribution is -2.28. The Hall–Kier alpha value is -2.67. The second-order valence-corrected chi connectivity index (χ2v) is 6.28. The summed E-state index contributed by atoms with van der Waals surface area (Å²) in [5.74, 6) is -0.433. The van der Waals surface area contributed by atoms with Gasteiger partial charge < -0.3 is 15.0 Å². The highest BCUT2D eigenvalue weighted by atomic mass is 35.5. The van der Waals surface area contributed by atoms with Crippen LogP contribution in [0.2, 0.25) is 5.02 Å². The normalized spacial score (nSPS) is 10.4. The van der Waals surface area contributed by atoms with Crippen molar-refractivity contribution in [1.82, 2.24) is 9.97 Å². The highest BCUT2D eigenvalue weighted by Crippen LogP contribution is 2.24. The average molecular weight is 391 g/mol. The Morgan fingerprint density at radius 1 is 1.19 bits per heavy atom. The summed E-state index contributed by atoms with van der Waals surface area (Å²) >= 11 is 6.13. The van der Waals surface area contributed by atoms with Crippen LogP contribution in [0.15, 0.2) is 30.5 Å². The molecule has 1 N–H and O–H groups in total. The van der Waals surface area contributed by atoms with Gasteiger partial charge in [-0.2, -0.15) is 0 Å². The molecule has 1 aromatic carbocycles. The molecular weight excluding hydrogens is 368 g/mol. The van der Waals surface area contributed by atoms with Crippen LogP contribution in [0.25, 0.3) is 0 Å². The van der Waals surface area contributed by atoms with Crippen LogP contribution in [-0.4, -0.2) is 42.0 Å². The van der Waals surface area contributed by atoms with Crippen LogP contribution >= 0.6 is 11.6 Å². The smallest absolute Gasteiger partial charge is 0.337 e. The minimum absolute atomic E-state index is 0.219. The van der Waals surface area contributed by atoms with Gasteiger partial charge in [0.25, 0.3) is 5.91 Å². The fourth-order valence-corrected chi connectivity index (χ4v) is 2.70. The SMILES string of the molecule is CCCN(CCC)c1nccc(C(=O)Nc2cc(C(=O)OC)ccc2Cl)n1. The van der Waals surface area contributed by atoms with Crippen molar-refractivity contribution in [2.24, 2.45) is 0 Å². The third-order valence-corrected chi connectivity index (χ3v) is 4.11. The largest absolute Gasteiger partial charge is 0.465 e. The monoisotopic (exact) mass is 390 g/mol. The number of nitrogens with one attached hydrogen (secondary N) is 1. The summed E-state index contributed by atoms with van der Waals surface area (Å²) in [5, 5.41) is 3.00. The van der Waals surface area contributed by atoms with Gasteiger partial charge in [0.2, 0.25) is 5.95 Å². The Bertz CT molecular complexity index is 807. The Kier molecular flexibility index (Phi) is 7.55. The van der Waals surface area contributed by atoms with E-state index >= 15 is 0 Å². The number of rotatable bonds is 8. The van der Waals surface area contributed by atoms with Gasteiger partial charge in [-0.3, -0.25) is 4.79 Å². The van der Waals surface area contributed by atoms with Gasteiger partial charge in [-0.1, -0.05) is 25.4 Å². The van der Waals surface area contributed by atoms with Gasteiger partial charge in [-0.25, -0.2) is 14.8 Å². The van der Waals surface area contributed by atoms with E-state index in [1.165, 1.54) is 31.4 Å². The number of amides is 1. The van der Waals surface area contributed by atoms with Crippen molar-refractivity contribution in [1.29, 1.82) is 0 Å². The van der Waals surface area contributed by atoms with Gasteiger partial charge in [0.15, 0.2) is 0 Å². The second-order valence-electron chi connectivity index (χ2n) is 5.87. The number of methoxy groups -OCH3 is 1. The van der Waals surface area contributed by atoms with E-state index in [1.54, 1.807) is 6.20 Å². The minimum atomic E-state index is -0.513. The third kappa shape index (κ3) is 5.40. The molecule has 0 saturated carbocycles. The van der Waals surface area contributed by atoms with Gasteiger partial charge in [0.05, 0.1) is 23.4 Å². The molecule has 7 nitrogen and oxygen atoms in total. The van der Waals surface area contributed by atoms with Crippen molar-refractivity contribution in [2.45, 2.75) is 26.7 Å². The number of aromatic nitrogens is 2. The van der Waals surface area contributed by atoms with Gasteiger partial charge in [-0.15, -0.1) is 0 Å². The van der Waals surface area contributed by atoms with E-state index in [9.17, 15) is 9.59 Å². The van der Waals surface area contributed by atoms with E-state index in [0.29, 0.717) is 16.7 Å². The summed E-state index contributed by atoms with van der Waals surface area (Å²) in [4.78, 5) is 35.0. The molecule has 0 spiro atoms. The zero-order valence-electron chi connectivity index (χ0n) is 15.7. The molecule has 0 atom stereocenters. The molecule has 8 heteroatoms. The molecule has 0 aliphatic rings. The van der Waals surface area contributed by atoms with E-state index in [-0.39, 0.29) is 11.3 Å². The molecule has 144 valence electrons. The first kappa shape index (κ1) is 20.6. The van der Waals surface area contributed by atoms with Gasteiger partial charge in [-0.05, 0) is 37.1 Å². The number of carbonyl (C=O) groups excluding carboxylic acids is 2. The minimum Gasteiger partial charge on any atom is -0.465 e. The first-order valence-electron chi connectivity index (χ1n) is 8.77. The molecule has 2 rings (SSSR count). The highest BCUT2D eigenvalue weighted by Gasteiger charge is 2.15. The fraction of sp³-hybridized carbons (Fsp3) is 0.368. The summed E-state index contributed by atoms with van der Waals surface area (Å²) in [6.45, 7) is 5.78. The number of esters is 1. The predicted molar refractivity (Wildman–Crippen MR) is 106 cm³/mol. The van der Waals surface area contributed by atoms with Crippen molar-refractivity contribution in [3.8, 4) is 0 Å². The summed E-state index contributed by atoms with van der Waals surface area (Å²) in [5.41, 5.74) is 0.818. The zero-order valence-corrected chi connectivity index (χ0v) is 16.4. The molecule has 0 unspecified atom stereocenters. The van der Waals surface area contributed by atoms with Crippen molar-refractivity contribution in [3.05, 3.63) is 46.7 Å². The number of hydrogen-bond acceptors (Lipinski definition) is 6. The van der Waals surface area contributed by atoms with Gasteiger partial charge in [0, 0.05) is 19.3 Å². The molecule has 0 aliphatic heterocycles. The lowest BCUT2D eigenvalue weighted by molar-refractivity contribution is 0.0600. The second kappa shape index (κ2) is 9.87. The summed E-state index contributed by atoms with van der Waals surface area (Å²) < 4.78 is 4.69. The molecule has 27 heavy (non-hydrogen) atoms. The first-order valence-corrected chi connectivity index (χ1v) is 9.15. The maximum Gasteiger partial charge on any atom is 0.337 e. The molecule has 1 heterocycles. The van der Waals surface area contributed by atoms with E-state index in [2.05, 4.69) is 33.9 Å². The number of benzene rings is 1. The third-order valence-electron chi connectivity index (χ3n) is 3.78. The van der Waals surface area contributed by atoms with Crippen LogP contribution in [0.1, 0.15) is 47.5 Å². The maximum absolute atomic E-state index is 12.6. The Morgan fingerprint density at radius 2 is 1.89 bits per heavy atom. The molecule has 0 aliphatic carbocycles. The number of anilines is 2. The van der Waals surface area contributed by atoms with Crippen molar-refractivity contribution >= 4 is 35.1 Å². The van der Waals surface area contributed by atoms with Crippen LogP contribution < -0.4 is 10.2 Å². The topological polar surface area (TPSA) is 84.4 Å². The molecule has 2 aromatic rings. The number of halogens is 1. The predicted octanol–water partition coefficient (Wildman–Crippen LogP) is 3.80. The number of nitrogens with zero attached hydrogens (tertiary/aromatic N) is 3. The standard InChI is InChI=1S/C19H23ClN4O3/c1-4-10-24(11-5-2)19-21-9-8-15(23-19)17(25)22-16-12-13(18(26)27-3)6-7-14(16)20/h6-9,12H,4-5,10-11H2,1-3H3,(H,22,25). The first-order chi connectivity index (χ1) is 13.0. The molecule has 1 amide bonds. The molecular formula is C19H23ClN4O3. The van der Waals surface area contributed by atoms with E-state index in [4.69, 9.17) is 11.6 Å². The van der Waals surface area contributed by atoms with Gasteiger partial charge >= 0.3 is 5.97 Å². The van der Waals surface area contributed by atoms with Gasteiger partial charge in [0.1, 0.15) is 5.69 Å². The van der Waals surface area contributed by atoms with Crippen LogP contribution in [0.3, 0.4) is 0 Å². The lowest BCUT2D eigenvalue weighted by Gasteiger charge is -2.21. The lowest BCUT2D eigenvalue weighted by atomic mass is 10.2. The van der Waals surface area contributed by atoms with E-state index < -0.39 is 11.9 Å². The Morgan fingerprint density at radius 3 is 2.52 bits per heavy atom. The van der Waals surface area contributed by atoms with Crippen molar-refractivity contribution in [2.75, 3.05) is 30.4 Å². The van der Waals surface area contributed by atoms with Crippen LogP contribution in [0.4, 0.5) is 11.6 Å². The Balaban J connectivity index is 2.23. The molecule has 0 bridgehead atoms. The quantitative estimate of drug-likeness (QED) is 0.690. The maximum atomic E-state index is 12.6. The van der Waals surface area contributed by atoms with Crippen LogP contribution in [-0.2, 0) is 4.74 Å². The summed E-state index contributed by atoms with van der Waals surface area (Å²) in [7, 11) is 1.29. The molecule has 0 fully saturated rings. The molecule has 0 radical (unpaired) electrons. The molecule has 0 saturated heterocycles. The number of hydrogen-bond donors (Lipinski definition) is 1. The van der Waals surface area contributed by atoms with E-state index in [0.717, 1.165) is 25.9 Å². The van der Waals surface area contributed by atoms with E-state index in [1.807, 2.05) is 4.90 Å². The summed E-state index contributed by atoms with van der Waals surface area (Å²) in [6, 6.07) is 6.06. The zero-order chi connectivity index (χ0) is 19.8. The fourth-order valence-electron chi connectivity index (χ4n) is 2.53. The Labute approximate surface area is 163 Å².